The Bertz CT molecular complexity index is 788. The monoisotopic (exact) mass is 341 g/mol. The number of aromatic nitrogens is 3. The highest BCUT2D eigenvalue weighted by Gasteiger charge is 2.20. The standard InChI is InChI=1S/C17H16BrN3/c18-13-6-8-14-12(9-13)5-7-15(20-14)16-10-19-17(21-16)11-3-1-2-4-11/h5-11H,1-4H2,(H,19,21). The van der Waals surface area contributed by atoms with Crippen molar-refractivity contribution < 1.29 is 0 Å². The van der Waals surface area contributed by atoms with Gasteiger partial charge in [0.2, 0.25) is 0 Å². The zero-order chi connectivity index (χ0) is 14.2. The number of nitrogens with one attached hydrogen (secondary N) is 1. The third-order valence-corrected chi connectivity index (χ3v) is 4.76. The summed E-state index contributed by atoms with van der Waals surface area (Å²) in [4.78, 5) is 12.8. The lowest BCUT2D eigenvalue weighted by Crippen LogP contribution is -1.94. The lowest BCUT2D eigenvalue weighted by atomic mass is 10.1. The van der Waals surface area contributed by atoms with Gasteiger partial charge in [-0.2, -0.15) is 0 Å². The third-order valence-electron chi connectivity index (χ3n) is 4.26. The summed E-state index contributed by atoms with van der Waals surface area (Å²) in [5.41, 5.74) is 2.98. The van der Waals surface area contributed by atoms with Crippen LogP contribution in [0.3, 0.4) is 0 Å². The lowest BCUT2D eigenvalue weighted by Gasteiger charge is -2.04. The molecule has 21 heavy (non-hydrogen) atoms. The molecule has 106 valence electrons. The van der Waals surface area contributed by atoms with Crippen LogP contribution in [-0.4, -0.2) is 15.0 Å². The van der Waals surface area contributed by atoms with Crippen molar-refractivity contribution in [1.29, 1.82) is 0 Å². The van der Waals surface area contributed by atoms with E-state index in [4.69, 9.17) is 4.98 Å². The van der Waals surface area contributed by atoms with Gasteiger partial charge in [-0.3, -0.25) is 0 Å². The quantitative estimate of drug-likeness (QED) is 0.708. The molecule has 4 heteroatoms. The van der Waals surface area contributed by atoms with Crippen LogP contribution in [0.5, 0.6) is 0 Å². The van der Waals surface area contributed by atoms with Crippen molar-refractivity contribution >= 4 is 26.8 Å². The maximum atomic E-state index is 4.73. The van der Waals surface area contributed by atoms with Crippen LogP contribution in [0.2, 0.25) is 0 Å². The molecule has 1 aliphatic rings. The van der Waals surface area contributed by atoms with Crippen molar-refractivity contribution in [3.8, 4) is 11.4 Å². The van der Waals surface area contributed by atoms with E-state index in [0.29, 0.717) is 5.92 Å². The number of hydrogen-bond donors (Lipinski definition) is 1. The number of halogens is 1. The summed E-state index contributed by atoms with van der Waals surface area (Å²) in [5.74, 6) is 1.73. The topological polar surface area (TPSA) is 41.6 Å². The molecule has 3 aromatic rings. The molecule has 0 amide bonds. The first-order valence-electron chi connectivity index (χ1n) is 7.41. The number of hydrogen-bond acceptors (Lipinski definition) is 2. The molecule has 2 heterocycles. The smallest absolute Gasteiger partial charge is 0.109 e. The highest BCUT2D eigenvalue weighted by atomic mass is 79.9. The van der Waals surface area contributed by atoms with Crippen molar-refractivity contribution in [3.63, 3.8) is 0 Å². The fourth-order valence-electron chi connectivity index (χ4n) is 3.12. The molecule has 1 aliphatic carbocycles. The number of aromatic amines is 1. The summed E-state index contributed by atoms with van der Waals surface area (Å²) >= 11 is 3.49. The summed E-state index contributed by atoms with van der Waals surface area (Å²) in [7, 11) is 0. The summed E-state index contributed by atoms with van der Waals surface area (Å²) < 4.78 is 1.08. The van der Waals surface area contributed by atoms with Crippen LogP contribution in [0.4, 0.5) is 0 Å². The van der Waals surface area contributed by atoms with Gasteiger partial charge >= 0.3 is 0 Å². The largest absolute Gasteiger partial charge is 0.341 e. The molecule has 0 unspecified atom stereocenters. The Labute approximate surface area is 132 Å². The van der Waals surface area contributed by atoms with Gasteiger partial charge in [-0.05, 0) is 37.1 Å². The van der Waals surface area contributed by atoms with E-state index < -0.39 is 0 Å². The van der Waals surface area contributed by atoms with E-state index in [9.17, 15) is 0 Å². The van der Waals surface area contributed by atoms with Crippen LogP contribution in [0.1, 0.15) is 37.4 Å². The van der Waals surface area contributed by atoms with Gasteiger partial charge in [-0.1, -0.05) is 34.8 Å². The zero-order valence-electron chi connectivity index (χ0n) is 11.6. The number of H-pyrrole nitrogens is 1. The predicted octanol–water partition coefficient (Wildman–Crippen LogP) is 5.05. The van der Waals surface area contributed by atoms with Gasteiger partial charge in [0.15, 0.2) is 0 Å². The van der Waals surface area contributed by atoms with Gasteiger partial charge < -0.3 is 4.98 Å². The molecule has 0 aliphatic heterocycles. The van der Waals surface area contributed by atoms with Crippen molar-refractivity contribution in [2.75, 3.05) is 0 Å². The first-order valence-corrected chi connectivity index (χ1v) is 8.20. The summed E-state index contributed by atoms with van der Waals surface area (Å²) in [6.07, 6.45) is 7.08. The van der Waals surface area contributed by atoms with E-state index >= 15 is 0 Å². The Hall–Kier alpha value is -1.68. The molecule has 1 fully saturated rings. The molecular weight excluding hydrogens is 326 g/mol. The van der Waals surface area contributed by atoms with Gasteiger partial charge in [-0.25, -0.2) is 9.97 Å². The Balaban J connectivity index is 1.71. The molecule has 4 rings (SSSR count). The summed E-state index contributed by atoms with van der Waals surface area (Å²) in [6, 6.07) is 10.3. The fraction of sp³-hybridized carbons (Fsp3) is 0.294. The fourth-order valence-corrected chi connectivity index (χ4v) is 3.50. The first-order chi connectivity index (χ1) is 10.3. The van der Waals surface area contributed by atoms with E-state index in [2.05, 4.69) is 44.1 Å². The Morgan fingerprint density at radius 1 is 1.10 bits per heavy atom. The minimum absolute atomic E-state index is 0.607. The normalized spacial score (nSPS) is 15.9. The minimum Gasteiger partial charge on any atom is -0.341 e. The lowest BCUT2D eigenvalue weighted by molar-refractivity contribution is 0.679. The molecular formula is C17H16BrN3. The van der Waals surface area contributed by atoms with E-state index in [1.54, 1.807) is 0 Å². The van der Waals surface area contributed by atoms with Crippen LogP contribution in [-0.2, 0) is 0 Å². The van der Waals surface area contributed by atoms with Crippen LogP contribution >= 0.6 is 15.9 Å². The Kier molecular flexibility index (Phi) is 3.26. The van der Waals surface area contributed by atoms with Crippen LogP contribution in [0, 0.1) is 0 Å². The van der Waals surface area contributed by atoms with E-state index in [1.165, 1.54) is 25.7 Å². The molecule has 0 spiro atoms. The van der Waals surface area contributed by atoms with E-state index in [0.717, 1.165) is 32.6 Å². The van der Waals surface area contributed by atoms with Gasteiger partial charge in [0.1, 0.15) is 5.82 Å². The van der Waals surface area contributed by atoms with Gasteiger partial charge in [0, 0.05) is 15.8 Å². The predicted molar refractivity (Wildman–Crippen MR) is 88.2 cm³/mol. The Morgan fingerprint density at radius 3 is 2.81 bits per heavy atom. The third kappa shape index (κ3) is 2.48. The average molecular weight is 342 g/mol. The second-order valence-electron chi connectivity index (χ2n) is 5.70. The van der Waals surface area contributed by atoms with Gasteiger partial charge in [0.25, 0.3) is 0 Å². The minimum atomic E-state index is 0.607. The molecule has 0 bridgehead atoms. The highest BCUT2D eigenvalue weighted by molar-refractivity contribution is 9.10. The van der Waals surface area contributed by atoms with Gasteiger partial charge in [-0.15, -0.1) is 0 Å². The molecule has 1 saturated carbocycles. The van der Waals surface area contributed by atoms with Crippen LogP contribution in [0.15, 0.2) is 41.0 Å². The number of fused-ring (bicyclic) bond motifs is 1. The van der Waals surface area contributed by atoms with Crippen molar-refractivity contribution in [2.24, 2.45) is 0 Å². The molecule has 1 aromatic carbocycles. The SMILES string of the molecule is Brc1ccc2nc(-c3cnc(C4CCCC4)[nH]3)ccc2c1. The zero-order valence-corrected chi connectivity index (χ0v) is 13.2. The van der Waals surface area contributed by atoms with Crippen molar-refractivity contribution in [1.82, 2.24) is 15.0 Å². The number of pyridine rings is 1. The van der Waals surface area contributed by atoms with Crippen molar-refractivity contribution in [3.05, 3.63) is 46.8 Å². The number of nitrogens with zero attached hydrogens (tertiary/aromatic N) is 2. The summed E-state index contributed by atoms with van der Waals surface area (Å²) in [6.45, 7) is 0. The second-order valence-corrected chi connectivity index (χ2v) is 6.61. The van der Waals surface area contributed by atoms with E-state index in [-0.39, 0.29) is 0 Å². The molecule has 1 N–H and O–H groups in total. The molecule has 3 nitrogen and oxygen atoms in total. The van der Waals surface area contributed by atoms with Crippen LogP contribution < -0.4 is 0 Å². The van der Waals surface area contributed by atoms with Crippen molar-refractivity contribution in [2.45, 2.75) is 31.6 Å². The Morgan fingerprint density at radius 2 is 1.95 bits per heavy atom. The summed E-state index contributed by atoms with van der Waals surface area (Å²) in [5, 5.41) is 1.14. The molecule has 0 radical (unpaired) electrons. The van der Waals surface area contributed by atoms with Crippen LogP contribution in [0.25, 0.3) is 22.3 Å². The maximum Gasteiger partial charge on any atom is 0.109 e. The molecule has 2 aromatic heterocycles. The average Bonchev–Trinajstić information content (AvgIpc) is 3.17. The second kappa shape index (κ2) is 5.26. The highest BCUT2D eigenvalue weighted by Crippen LogP contribution is 2.33. The number of imidazole rings is 1. The number of rotatable bonds is 2. The van der Waals surface area contributed by atoms with Gasteiger partial charge in [0.05, 0.1) is 23.1 Å². The molecule has 0 atom stereocenters. The maximum absolute atomic E-state index is 4.73. The first kappa shape index (κ1) is 13.0. The van der Waals surface area contributed by atoms with E-state index in [1.807, 2.05) is 18.3 Å². The number of benzene rings is 1. The molecule has 0 saturated heterocycles.